The Morgan fingerprint density at radius 3 is 2.60 bits per heavy atom. The third-order valence-electron chi connectivity index (χ3n) is 6.59. The van der Waals surface area contributed by atoms with Crippen molar-refractivity contribution in [3.05, 3.63) is 82.8 Å². The number of aryl methyl sites for hydroxylation is 1. The molecule has 0 aliphatic carbocycles. The zero-order valence-corrected chi connectivity index (χ0v) is 19.4. The number of rotatable bonds is 4. The fraction of sp³-hybridized carbons (Fsp3) is 0.308. The molecule has 6 nitrogen and oxygen atoms in total. The van der Waals surface area contributed by atoms with E-state index in [1.165, 1.54) is 0 Å². The first-order chi connectivity index (χ1) is 16.9. The molecule has 2 fully saturated rings. The first-order valence-electron chi connectivity index (χ1n) is 11.5. The monoisotopic (exact) mass is 482 g/mol. The second kappa shape index (κ2) is 9.13. The van der Waals surface area contributed by atoms with E-state index < -0.39 is 23.5 Å². The zero-order valence-electron chi connectivity index (χ0n) is 19.4. The summed E-state index contributed by atoms with van der Waals surface area (Å²) in [7, 11) is 1.60. The fourth-order valence-corrected chi connectivity index (χ4v) is 4.94. The van der Waals surface area contributed by atoms with Crippen LogP contribution in [0.25, 0.3) is 11.8 Å². The molecule has 2 atom stereocenters. The van der Waals surface area contributed by atoms with Crippen molar-refractivity contribution >= 4 is 12.0 Å². The van der Waals surface area contributed by atoms with Crippen LogP contribution in [0.15, 0.2) is 48.6 Å². The Morgan fingerprint density at radius 1 is 1.14 bits per heavy atom. The van der Waals surface area contributed by atoms with Gasteiger partial charge in [0.1, 0.15) is 5.75 Å². The van der Waals surface area contributed by atoms with Gasteiger partial charge in [-0.2, -0.15) is 0 Å². The van der Waals surface area contributed by atoms with Crippen LogP contribution < -0.4 is 10.1 Å². The number of nitrogens with one attached hydrogen (secondary N) is 1. The number of methoxy groups -OCH3 is 1. The Morgan fingerprint density at radius 2 is 1.91 bits per heavy atom. The summed E-state index contributed by atoms with van der Waals surface area (Å²) in [6, 6.07) is 6.86. The molecular formula is C26H25F3N4O2. The van der Waals surface area contributed by atoms with Gasteiger partial charge in [0.15, 0.2) is 17.5 Å². The van der Waals surface area contributed by atoms with E-state index in [1.807, 2.05) is 42.0 Å². The summed E-state index contributed by atoms with van der Waals surface area (Å²) < 4.78 is 48.9. The SMILES string of the molecule is COc1cc(C=C2NCC(c3cc(F)c(F)c(F)c3)N3C(=O)CCCC23)ccc1-n1cnc(C)c1. The minimum Gasteiger partial charge on any atom is -0.495 e. The van der Waals surface area contributed by atoms with E-state index in [-0.39, 0.29) is 24.1 Å². The number of ether oxygens (including phenoxy) is 1. The molecule has 2 aliphatic heterocycles. The molecular weight excluding hydrogens is 457 g/mol. The number of amides is 1. The highest BCUT2D eigenvalue weighted by atomic mass is 19.2. The molecule has 2 aromatic carbocycles. The van der Waals surface area contributed by atoms with Crippen molar-refractivity contribution in [3.8, 4) is 11.4 Å². The van der Waals surface area contributed by atoms with Crippen LogP contribution >= 0.6 is 0 Å². The Kier molecular flexibility index (Phi) is 6.00. The number of halogens is 3. The number of hydrogen-bond donors (Lipinski definition) is 1. The quantitative estimate of drug-likeness (QED) is 0.549. The van der Waals surface area contributed by atoms with Gasteiger partial charge in [0.2, 0.25) is 5.91 Å². The molecule has 2 aliphatic rings. The maximum absolute atomic E-state index is 13.9. The summed E-state index contributed by atoms with van der Waals surface area (Å²) in [6.45, 7) is 2.16. The van der Waals surface area contributed by atoms with Crippen molar-refractivity contribution in [2.45, 2.75) is 38.3 Å². The average molecular weight is 483 g/mol. The van der Waals surface area contributed by atoms with Crippen molar-refractivity contribution in [1.82, 2.24) is 19.8 Å². The fourth-order valence-electron chi connectivity index (χ4n) is 4.94. The lowest BCUT2D eigenvalue weighted by Gasteiger charge is -2.47. The summed E-state index contributed by atoms with van der Waals surface area (Å²) >= 11 is 0. The highest BCUT2D eigenvalue weighted by Crippen LogP contribution is 2.37. The lowest BCUT2D eigenvalue weighted by Crippen LogP contribution is -2.55. The number of aromatic nitrogens is 2. The van der Waals surface area contributed by atoms with Crippen LogP contribution in [0.2, 0.25) is 0 Å². The molecule has 35 heavy (non-hydrogen) atoms. The second-order valence-electron chi connectivity index (χ2n) is 8.86. The van der Waals surface area contributed by atoms with E-state index in [4.69, 9.17) is 4.74 Å². The van der Waals surface area contributed by atoms with E-state index in [0.717, 1.165) is 34.8 Å². The summed E-state index contributed by atoms with van der Waals surface area (Å²) in [5.74, 6) is -3.46. The van der Waals surface area contributed by atoms with Crippen molar-refractivity contribution < 1.29 is 22.7 Å². The summed E-state index contributed by atoms with van der Waals surface area (Å²) in [6.07, 6.45) is 7.37. The van der Waals surface area contributed by atoms with Gasteiger partial charge in [0.05, 0.1) is 36.9 Å². The van der Waals surface area contributed by atoms with Crippen LogP contribution in [0.3, 0.4) is 0 Å². The number of carbonyl (C=O) groups excluding carboxylic acids is 1. The standard InChI is InChI=1S/C26H25F3N4O2/c1-15-13-32(14-31-15)22-7-6-16(9-24(22)35-2)8-20-21-4-3-5-25(34)33(21)23(12-30-20)17-10-18(27)26(29)19(28)11-17/h6-11,13-14,21,23,30H,3-5,12H2,1-2H3. The van der Waals surface area contributed by atoms with Gasteiger partial charge in [0, 0.05) is 24.9 Å². The van der Waals surface area contributed by atoms with Crippen LogP contribution in [0.5, 0.6) is 5.75 Å². The normalized spacial score (nSPS) is 21.1. The van der Waals surface area contributed by atoms with Gasteiger partial charge in [0.25, 0.3) is 0 Å². The predicted molar refractivity (Wildman–Crippen MR) is 124 cm³/mol. The number of benzene rings is 2. The molecule has 182 valence electrons. The topological polar surface area (TPSA) is 59.4 Å². The van der Waals surface area contributed by atoms with Gasteiger partial charge in [-0.05, 0) is 61.2 Å². The third-order valence-corrected chi connectivity index (χ3v) is 6.59. The molecule has 2 saturated heterocycles. The molecule has 3 aromatic rings. The third kappa shape index (κ3) is 4.26. The molecule has 5 rings (SSSR count). The van der Waals surface area contributed by atoms with Gasteiger partial charge >= 0.3 is 0 Å². The van der Waals surface area contributed by atoms with Crippen LogP contribution in [-0.2, 0) is 4.79 Å². The molecule has 0 spiro atoms. The average Bonchev–Trinajstić information content (AvgIpc) is 3.28. The lowest BCUT2D eigenvalue weighted by atomic mass is 9.90. The van der Waals surface area contributed by atoms with Crippen molar-refractivity contribution in [1.29, 1.82) is 0 Å². The summed E-state index contributed by atoms with van der Waals surface area (Å²) in [5, 5.41) is 3.35. The molecule has 9 heteroatoms. The van der Waals surface area contributed by atoms with Crippen LogP contribution in [-0.4, -0.2) is 40.1 Å². The number of imidazole rings is 1. The van der Waals surface area contributed by atoms with E-state index >= 15 is 0 Å². The predicted octanol–water partition coefficient (Wildman–Crippen LogP) is 4.67. The number of nitrogens with zero attached hydrogens (tertiary/aromatic N) is 3. The van der Waals surface area contributed by atoms with E-state index in [2.05, 4.69) is 10.3 Å². The maximum atomic E-state index is 13.9. The van der Waals surface area contributed by atoms with Crippen molar-refractivity contribution in [3.63, 3.8) is 0 Å². The van der Waals surface area contributed by atoms with Crippen LogP contribution in [0.4, 0.5) is 13.2 Å². The van der Waals surface area contributed by atoms with Gasteiger partial charge in [-0.1, -0.05) is 6.07 Å². The van der Waals surface area contributed by atoms with Gasteiger partial charge < -0.3 is 19.5 Å². The maximum Gasteiger partial charge on any atom is 0.223 e. The van der Waals surface area contributed by atoms with Gasteiger partial charge in [-0.15, -0.1) is 0 Å². The number of fused-ring (bicyclic) bond motifs is 1. The van der Waals surface area contributed by atoms with Crippen molar-refractivity contribution in [2.75, 3.05) is 13.7 Å². The highest BCUT2D eigenvalue weighted by molar-refractivity contribution is 5.79. The molecule has 0 radical (unpaired) electrons. The van der Waals surface area contributed by atoms with E-state index in [0.29, 0.717) is 25.0 Å². The molecule has 2 unspecified atom stereocenters. The second-order valence-corrected chi connectivity index (χ2v) is 8.86. The summed E-state index contributed by atoms with van der Waals surface area (Å²) in [4.78, 5) is 18.9. The Labute approximate surface area is 201 Å². The smallest absolute Gasteiger partial charge is 0.223 e. The molecule has 0 saturated carbocycles. The van der Waals surface area contributed by atoms with Gasteiger partial charge in [-0.3, -0.25) is 4.79 Å². The largest absolute Gasteiger partial charge is 0.495 e. The van der Waals surface area contributed by atoms with Crippen LogP contribution in [0.1, 0.15) is 42.1 Å². The van der Waals surface area contributed by atoms with Gasteiger partial charge in [-0.25, -0.2) is 18.2 Å². The molecule has 0 bridgehead atoms. The Bertz CT molecular complexity index is 1300. The molecule has 1 N–H and O–H groups in total. The van der Waals surface area contributed by atoms with E-state index in [9.17, 15) is 18.0 Å². The number of piperidine rings is 1. The Balaban J connectivity index is 1.48. The lowest BCUT2D eigenvalue weighted by molar-refractivity contribution is -0.139. The minimum absolute atomic E-state index is 0.0906. The van der Waals surface area contributed by atoms with Crippen LogP contribution in [0, 0.1) is 24.4 Å². The number of hydrogen-bond acceptors (Lipinski definition) is 4. The molecule has 1 aromatic heterocycles. The first kappa shape index (κ1) is 23.0. The Hall–Kier alpha value is -3.75. The molecule has 3 heterocycles. The first-order valence-corrected chi connectivity index (χ1v) is 11.5. The summed E-state index contributed by atoms with van der Waals surface area (Å²) in [5.41, 5.74) is 3.68. The number of carbonyl (C=O) groups is 1. The van der Waals surface area contributed by atoms with E-state index in [1.54, 1.807) is 18.3 Å². The molecule has 1 amide bonds. The van der Waals surface area contributed by atoms with Crippen molar-refractivity contribution in [2.24, 2.45) is 0 Å². The zero-order chi connectivity index (χ0) is 24.7. The highest BCUT2D eigenvalue weighted by Gasteiger charge is 2.40. The number of piperazine rings is 1. The minimum atomic E-state index is -1.51.